The highest BCUT2D eigenvalue weighted by atomic mass is 32.1. The molecule has 0 fully saturated rings. The van der Waals surface area contributed by atoms with E-state index in [1.54, 1.807) is 46.4 Å². The van der Waals surface area contributed by atoms with Gasteiger partial charge in [-0.15, -0.1) is 11.3 Å². The number of nitrogens with zero attached hydrogens (tertiary/aromatic N) is 2. The molecule has 5 nitrogen and oxygen atoms in total. The summed E-state index contributed by atoms with van der Waals surface area (Å²) in [5.41, 5.74) is 2.29. The molecule has 1 heterocycles. The van der Waals surface area contributed by atoms with Crippen molar-refractivity contribution in [3.05, 3.63) is 92.9 Å². The van der Waals surface area contributed by atoms with Crippen LogP contribution in [0.3, 0.4) is 0 Å². The molecule has 7 heteroatoms. The van der Waals surface area contributed by atoms with Gasteiger partial charge < -0.3 is 14.5 Å². The first kappa shape index (κ1) is 25.6. The van der Waals surface area contributed by atoms with E-state index in [0.29, 0.717) is 38.2 Å². The maximum absolute atomic E-state index is 13.5. The highest BCUT2D eigenvalue weighted by molar-refractivity contribution is 7.11. The van der Waals surface area contributed by atoms with Gasteiger partial charge in [0.15, 0.2) is 0 Å². The molecule has 0 saturated heterocycles. The molecule has 34 heavy (non-hydrogen) atoms. The third kappa shape index (κ3) is 7.23. The Kier molecular flexibility index (Phi) is 9.36. The van der Waals surface area contributed by atoms with Crippen LogP contribution in [0.4, 0.5) is 4.39 Å². The van der Waals surface area contributed by atoms with E-state index >= 15 is 0 Å². The van der Waals surface area contributed by atoms with Gasteiger partial charge in [0, 0.05) is 42.1 Å². The first-order chi connectivity index (χ1) is 16.4. The maximum Gasteiger partial charge on any atom is 0.254 e. The van der Waals surface area contributed by atoms with Gasteiger partial charge in [0.05, 0.1) is 6.54 Å². The molecular formula is C27H31FN2O3S. The Bertz CT molecular complexity index is 1100. The lowest BCUT2D eigenvalue weighted by Gasteiger charge is -2.28. The summed E-state index contributed by atoms with van der Waals surface area (Å²) < 4.78 is 18.6. The van der Waals surface area contributed by atoms with Crippen molar-refractivity contribution in [2.45, 2.75) is 33.4 Å². The average molecular weight is 483 g/mol. The van der Waals surface area contributed by atoms with Gasteiger partial charge in [0.2, 0.25) is 5.91 Å². The van der Waals surface area contributed by atoms with Gasteiger partial charge in [-0.3, -0.25) is 9.59 Å². The topological polar surface area (TPSA) is 49.9 Å². The zero-order valence-corrected chi connectivity index (χ0v) is 20.7. The monoisotopic (exact) mass is 482 g/mol. The Morgan fingerprint density at radius 1 is 0.941 bits per heavy atom. The van der Waals surface area contributed by atoms with Crippen LogP contribution >= 0.6 is 11.3 Å². The van der Waals surface area contributed by atoms with Gasteiger partial charge in [-0.2, -0.15) is 0 Å². The zero-order chi connectivity index (χ0) is 24.5. The smallest absolute Gasteiger partial charge is 0.254 e. The van der Waals surface area contributed by atoms with Crippen LogP contribution in [-0.2, 0) is 22.6 Å². The second-order valence-electron chi connectivity index (χ2n) is 8.28. The van der Waals surface area contributed by atoms with Crippen LogP contribution < -0.4 is 0 Å². The van der Waals surface area contributed by atoms with E-state index in [-0.39, 0.29) is 24.2 Å². The number of hydrogen-bond acceptors (Lipinski definition) is 4. The van der Waals surface area contributed by atoms with Gasteiger partial charge in [-0.25, -0.2) is 4.39 Å². The molecule has 0 spiro atoms. The van der Waals surface area contributed by atoms with E-state index in [4.69, 9.17) is 4.74 Å². The molecule has 2 aromatic carbocycles. The lowest BCUT2D eigenvalue weighted by Crippen LogP contribution is -2.43. The summed E-state index contributed by atoms with van der Waals surface area (Å²) in [6.45, 7) is 5.55. The molecule has 0 atom stereocenters. The summed E-state index contributed by atoms with van der Waals surface area (Å²) in [5.74, 6) is -0.644. The number of thiophene rings is 1. The SMILES string of the molecule is COCCCN(CC(=O)N(Cc1ccc(F)cc1)Cc1ccc(C)s1)C(=O)c1ccccc1C. The Balaban J connectivity index is 1.82. The van der Waals surface area contributed by atoms with E-state index in [9.17, 15) is 14.0 Å². The number of rotatable bonds is 11. The fourth-order valence-corrected chi connectivity index (χ4v) is 4.61. The Morgan fingerprint density at radius 3 is 2.32 bits per heavy atom. The minimum atomic E-state index is -0.316. The molecule has 180 valence electrons. The van der Waals surface area contributed by atoms with Gasteiger partial charge in [0.25, 0.3) is 5.91 Å². The van der Waals surface area contributed by atoms with E-state index in [2.05, 4.69) is 0 Å². The highest BCUT2D eigenvalue weighted by Crippen LogP contribution is 2.20. The number of amides is 2. The summed E-state index contributed by atoms with van der Waals surface area (Å²) in [7, 11) is 1.62. The maximum atomic E-state index is 13.5. The number of ether oxygens (including phenoxy) is 1. The minimum Gasteiger partial charge on any atom is -0.385 e. The summed E-state index contributed by atoms with van der Waals surface area (Å²) in [6, 6.07) is 17.6. The summed E-state index contributed by atoms with van der Waals surface area (Å²) in [6.07, 6.45) is 0.628. The predicted molar refractivity (Wildman–Crippen MR) is 133 cm³/mol. The second-order valence-corrected chi connectivity index (χ2v) is 9.65. The molecule has 0 aliphatic carbocycles. The number of halogens is 1. The van der Waals surface area contributed by atoms with Crippen molar-refractivity contribution >= 4 is 23.2 Å². The first-order valence-corrected chi connectivity index (χ1v) is 12.1. The molecule has 0 saturated carbocycles. The number of methoxy groups -OCH3 is 1. The molecule has 0 aliphatic heterocycles. The third-order valence-corrected chi connectivity index (χ3v) is 6.53. The first-order valence-electron chi connectivity index (χ1n) is 11.3. The Hall–Kier alpha value is -3.03. The van der Waals surface area contributed by atoms with Crippen LogP contribution in [0, 0.1) is 19.7 Å². The van der Waals surface area contributed by atoms with Crippen LogP contribution in [0.2, 0.25) is 0 Å². The van der Waals surface area contributed by atoms with E-state index in [0.717, 1.165) is 16.0 Å². The van der Waals surface area contributed by atoms with Gasteiger partial charge in [0.1, 0.15) is 12.4 Å². The molecule has 0 unspecified atom stereocenters. The van der Waals surface area contributed by atoms with Crippen LogP contribution in [0.5, 0.6) is 0 Å². The van der Waals surface area contributed by atoms with E-state index in [1.807, 2.05) is 44.2 Å². The molecule has 3 aromatic rings. The van der Waals surface area contributed by atoms with Gasteiger partial charge >= 0.3 is 0 Å². The molecule has 2 amide bonds. The highest BCUT2D eigenvalue weighted by Gasteiger charge is 2.24. The van der Waals surface area contributed by atoms with Crippen molar-refractivity contribution in [2.24, 2.45) is 0 Å². The van der Waals surface area contributed by atoms with Crippen LogP contribution in [0.1, 0.15) is 37.7 Å². The standard InChI is InChI=1S/C27H31FN2O3S/c1-20-7-4-5-8-25(20)27(32)29(15-6-16-33-3)19-26(31)30(18-24-14-9-21(2)34-24)17-22-10-12-23(28)13-11-22/h4-5,7-14H,6,15-19H2,1-3H3. The second kappa shape index (κ2) is 12.4. The number of carbonyl (C=O) groups is 2. The fourth-order valence-electron chi connectivity index (χ4n) is 3.70. The number of hydrogen-bond donors (Lipinski definition) is 0. The molecule has 0 radical (unpaired) electrons. The van der Waals surface area contributed by atoms with Crippen LogP contribution in [0.15, 0.2) is 60.7 Å². The van der Waals surface area contributed by atoms with Crippen LogP contribution in [-0.4, -0.2) is 48.4 Å². The Morgan fingerprint density at radius 2 is 1.68 bits per heavy atom. The quantitative estimate of drug-likeness (QED) is 0.353. The van der Waals surface area contributed by atoms with Crippen molar-refractivity contribution in [3.8, 4) is 0 Å². The minimum absolute atomic E-state index is 0.0393. The normalized spacial score (nSPS) is 10.8. The third-order valence-electron chi connectivity index (χ3n) is 5.55. The van der Waals surface area contributed by atoms with Crippen molar-refractivity contribution in [1.82, 2.24) is 9.80 Å². The van der Waals surface area contributed by atoms with Crippen molar-refractivity contribution in [2.75, 3.05) is 26.8 Å². The van der Waals surface area contributed by atoms with Gasteiger partial charge in [-0.1, -0.05) is 30.3 Å². The fraction of sp³-hybridized carbons (Fsp3) is 0.333. The molecule has 0 N–H and O–H groups in total. The molecule has 0 bridgehead atoms. The predicted octanol–water partition coefficient (Wildman–Crippen LogP) is 5.21. The van der Waals surface area contributed by atoms with Gasteiger partial charge in [-0.05, 0) is 61.7 Å². The summed E-state index contributed by atoms with van der Waals surface area (Å²) >= 11 is 1.64. The lowest BCUT2D eigenvalue weighted by molar-refractivity contribution is -0.133. The summed E-state index contributed by atoms with van der Waals surface area (Å²) in [4.78, 5) is 32.4. The lowest BCUT2D eigenvalue weighted by atomic mass is 10.1. The van der Waals surface area contributed by atoms with E-state index < -0.39 is 0 Å². The van der Waals surface area contributed by atoms with Crippen molar-refractivity contribution in [3.63, 3.8) is 0 Å². The number of carbonyl (C=O) groups excluding carboxylic acids is 2. The summed E-state index contributed by atoms with van der Waals surface area (Å²) in [5, 5.41) is 0. The molecular weight excluding hydrogens is 451 g/mol. The number of aryl methyl sites for hydroxylation is 2. The van der Waals surface area contributed by atoms with Crippen molar-refractivity contribution < 1.29 is 18.7 Å². The van der Waals surface area contributed by atoms with Crippen LogP contribution in [0.25, 0.3) is 0 Å². The zero-order valence-electron chi connectivity index (χ0n) is 19.9. The molecule has 1 aromatic heterocycles. The average Bonchev–Trinajstić information content (AvgIpc) is 3.24. The molecule has 0 aliphatic rings. The Labute approximate surface area is 204 Å². The van der Waals surface area contributed by atoms with Crippen molar-refractivity contribution in [1.29, 1.82) is 0 Å². The number of benzene rings is 2. The largest absolute Gasteiger partial charge is 0.385 e. The molecule has 3 rings (SSSR count). The van der Waals surface area contributed by atoms with E-state index in [1.165, 1.54) is 17.0 Å².